The van der Waals surface area contributed by atoms with Gasteiger partial charge in [-0.15, -0.1) is 0 Å². The molecule has 2 N–H and O–H groups in total. The Labute approximate surface area is 150 Å². The number of piperazine rings is 1. The number of nitrogens with zero attached hydrogens (tertiary/aromatic N) is 2. The summed E-state index contributed by atoms with van der Waals surface area (Å²) in [5.41, 5.74) is 0. The lowest BCUT2D eigenvalue weighted by Gasteiger charge is -2.36. The van der Waals surface area contributed by atoms with Crippen molar-refractivity contribution in [3.63, 3.8) is 0 Å². The van der Waals surface area contributed by atoms with Crippen molar-refractivity contribution in [2.75, 3.05) is 39.8 Å². The van der Waals surface area contributed by atoms with Crippen LogP contribution in [0.25, 0.3) is 0 Å². The summed E-state index contributed by atoms with van der Waals surface area (Å²) in [5.74, 6) is 0.920. The summed E-state index contributed by atoms with van der Waals surface area (Å²) in [7, 11) is 1.65. The number of likely N-dealkylation sites (tertiary alicyclic amines) is 1. The van der Waals surface area contributed by atoms with Gasteiger partial charge in [0, 0.05) is 39.6 Å². The topological polar surface area (TPSA) is 81.8 Å². The molecule has 0 radical (unpaired) electrons. The van der Waals surface area contributed by atoms with E-state index in [1.54, 1.807) is 11.9 Å². The van der Waals surface area contributed by atoms with Gasteiger partial charge in [-0.3, -0.25) is 14.4 Å². The SMILES string of the molecule is CNC(=O)CC1CCN(C(=O)CN2CCNC(CC(C)C)C2=O)CC1. The molecular weight excluding hydrogens is 320 g/mol. The zero-order chi connectivity index (χ0) is 18.4. The summed E-state index contributed by atoms with van der Waals surface area (Å²) >= 11 is 0. The molecule has 1 unspecified atom stereocenters. The van der Waals surface area contributed by atoms with E-state index in [2.05, 4.69) is 24.5 Å². The second kappa shape index (κ2) is 9.17. The number of hydrogen-bond acceptors (Lipinski definition) is 4. The van der Waals surface area contributed by atoms with Crippen LogP contribution < -0.4 is 10.6 Å². The fraction of sp³-hybridized carbons (Fsp3) is 0.833. The van der Waals surface area contributed by atoms with Gasteiger partial charge in [-0.1, -0.05) is 13.8 Å². The van der Waals surface area contributed by atoms with Crippen LogP contribution in [-0.2, 0) is 14.4 Å². The predicted octanol–water partition coefficient (Wildman–Crippen LogP) is 0.208. The molecule has 2 heterocycles. The van der Waals surface area contributed by atoms with Gasteiger partial charge in [0.15, 0.2) is 0 Å². The van der Waals surface area contributed by atoms with E-state index in [1.807, 2.05) is 4.90 Å². The zero-order valence-corrected chi connectivity index (χ0v) is 15.7. The normalized spacial score (nSPS) is 22.4. The van der Waals surface area contributed by atoms with Crippen LogP contribution >= 0.6 is 0 Å². The van der Waals surface area contributed by atoms with Gasteiger partial charge in [-0.25, -0.2) is 0 Å². The van der Waals surface area contributed by atoms with E-state index >= 15 is 0 Å². The molecule has 2 saturated heterocycles. The molecule has 3 amide bonds. The Hall–Kier alpha value is -1.63. The van der Waals surface area contributed by atoms with Gasteiger partial charge >= 0.3 is 0 Å². The third-order valence-corrected chi connectivity index (χ3v) is 5.14. The summed E-state index contributed by atoms with van der Waals surface area (Å²) in [4.78, 5) is 40.1. The zero-order valence-electron chi connectivity index (χ0n) is 15.7. The minimum Gasteiger partial charge on any atom is -0.359 e. The molecule has 2 rings (SSSR count). The number of hydrogen-bond donors (Lipinski definition) is 2. The Morgan fingerprint density at radius 1 is 1.24 bits per heavy atom. The van der Waals surface area contributed by atoms with Crippen LogP contribution in [0.2, 0.25) is 0 Å². The molecular formula is C18H32N4O3. The molecule has 0 saturated carbocycles. The number of carbonyl (C=O) groups excluding carboxylic acids is 3. The van der Waals surface area contributed by atoms with Crippen LogP contribution in [0.3, 0.4) is 0 Å². The minimum absolute atomic E-state index is 0.0249. The molecule has 0 bridgehead atoms. The average Bonchev–Trinajstić information content (AvgIpc) is 2.58. The smallest absolute Gasteiger partial charge is 0.242 e. The second-order valence-corrected chi connectivity index (χ2v) is 7.60. The molecule has 7 nitrogen and oxygen atoms in total. The first kappa shape index (κ1) is 19.7. The van der Waals surface area contributed by atoms with E-state index < -0.39 is 0 Å². The van der Waals surface area contributed by atoms with Gasteiger partial charge in [-0.2, -0.15) is 0 Å². The van der Waals surface area contributed by atoms with Gasteiger partial charge < -0.3 is 20.4 Å². The maximum Gasteiger partial charge on any atom is 0.242 e. The molecule has 0 spiro atoms. The number of amides is 3. The Balaban J connectivity index is 1.80. The van der Waals surface area contributed by atoms with E-state index in [-0.39, 0.29) is 30.3 Å². The van der Waals surface area contributed by atoms with Gasteiger partial charge in [0.1, 0.15) is 0 Å². The predicted molar refractivity (Wildman–Crippen MR) is 95.8 cm³/mol. The highest BCUT2D eigenvalue weighted by molar-refractivity contribution is 5.88. The summed E-state index contributed by atoms with van der Waals surface area (Å²) in [6, 6.07) is -0.167. The molecule has 1 atom stereocenters. The first-order chi connectivity index (χ1) is 11.9. The standard InChI is InChI=1S/C18H32N4O3/c1-13(2)10-15-18(25)22(9-6-20-15)12-17(24)21-7-4-14(5-8-21)11-16(23)19-3/h13-15,20H,4-12H2,1-3H3,(H,19,23). The fourth-order valence-corrected chi connectivity index (χ4v) is 3.62. The van der Waals surface area contributed by atoms with Gasteiger partial charge in [0.05, 0.1) is 12.6 Å². The second-order valence-electron chi connectivity index (χ2n) is 7.60. The third-order valence-electron chi connectivity index (χ3n) is 5.14. The van der Waals surface area contributed by atoms with Crippen molar-refractivity contribution in [2.24, 2.45) is 11.8 Å². The summed E-state index contributed by atoms with van der Waals surface area (Å²) in [6.07, 6.45) is 3.04. The Morgan fingerprint density at radius 2 is 1.92 bits per heavy atom. The fourth-order valence-electron chi connectivity index (χ4n) is 3.62. The van der Waals surface area contributed by atoms with Crippen molar-refractivity contribution in [1.29, 1.82) is 0 Å². The number of rotatable bonds is 6. The van der Waals surface area contributed by atoms with E-state index in [0.29, 0.717) is 37.9 Å². The van der Waals surface area contributed by atoms with Crippen LogP contribution in [0, 0.1) is 11.8 Å². The van der Waals surface area contributed by atoms with E-state index in [1.165, 1.54) is 0 Å². The highest BCUT2D eigenvalue weighted by Gasteiger charge is 2.32. The van der Waals surface area contributed by atoms with Crippen LogP contribution in [0.15, 0.2) is 0 Å². The summed E-state index contributed by atoms with van der Waals surface area (Å²) < 4.78 is 0. The quantitative estimate of drug-likeness (QED) is 0.716. The van der Waals surface area contributed by atoms with Crippen molar-refractivity contribution in [1.82, 2.24) is 20.4 Å². The van der Waals surface area contributed by atoms with E-state index in [4.69, 9.17) is 0 Å². The highest BCUT2D eigenvalue weighted by atomic mass is 16.2. The Morgan fingerprint density at radius 3 is 2.52 bits per heavy atom. The van der Waals surface area contributed by atoms with Crippen LogP contribution in [0.1, 0.15) is 39.5 Å². The highest BCUT2D eigenvalue weighted by Crippen LogP contribution is 2.21. The van der Waals surface area contributed by atoms with Crippen LogP contribution in [0.5, 0.6) is 0 Å². The third kappa shape index (κ3) is 5.70. The maximum absolute atomic E-state index is 12.6. The molecule has 2 aliphatic heterocycles. The van der Waals surface area contributed by atoms with Crippen molar-refractivity contribution < 1.29 is 14.4 Å². The van der Waals surface area contributed by atoms with Crippen molar-refractivity contribution >= 4 is 17.7 Å². The van der Waals surface area contributed by atoms with Crippen LogP contribution in [0.4, 0.5) is 0 Å². The van der Waals surface area contributed by atoms with E-state index in [0.717, 1.165) is 25.8 Å². The Bertz CT molecular complexity index is 487. The molecule has 0 aromatic heterocycles. The maximum atomic E-state index is 12.6. The monoisotopic (exact) mass is 352 g/mol. The molecule has 2 fully saturated rings. The lowest BCUT2D eigenvalue weighted by Crippen LogP contribution is -2.57. The minimum atomic E-state index is -0.167. The number of carbonyl (C=O) groups is 3. The molecule has 0 aromatic carbocycles. The van der Waals surface area contributed by atoms with Crippen molar-refractivity contribution in [3.05, 3.63) is 0 Å². The van der Waals surface area contributed by atoms with Crippen molar-refractivity contribution in [3.8, 4) is 0 Å². The number of piperidine rings is 1. The molecule has 0 aliphatic carbocycles. The largest absolute Gasteiger partial charge is 0.359 e. The van der Waals surface area contributed by atoms with E-state index in [9.17, 15) is 14.4 Å². The lowest BCUT2D eigenvalue weighted by atomic mass is 9.93. The molecule has 2 aliphatic rings. The van der Waals surface area contributed by atoms with Gasteiger partial charge in [0.25, 0.3) is 0 Å². The molecule has 25 heavy (non-hydrogen) atoms. The first-order valence-electron chi connectivity index (χ1n) is 9.41. The number of nitrogens with one attached hydrogen (secondary N) is 2. The molecule has 7 heteroatoms. The van der Waals surface area contributed by atoms with Crippen LogP contribution in [-0.4, -0.2) is 73.3 Å². The molecule has 142 valence electrons. The lowest BCUT2D eigenvalue weighted by molar-refractivity contribution is -0.144. The Kier molecular flexibility index (Phi) is 7.23. The summed E-state index contributed by atoms with van der Waals surface area (Å²) in [6.45, 7) is 7.06. The summed E-state index contributed by atoms with van der Waals surface area (Å²) in [5, 5.41) is 5.91. The van der Waals surface area contributed by atoms with Crippen molar-refractivity contribution in [2.45, 2.75) is 45.6 Å². The first-order valence-corrected chi connectivity index (χ1v) is 9.41. The average molecular weight is 352 g/mol. The van der Waals surface area contributed by atoms with Gasteiger partial charge in [0.2, 0.25) is 17.7 Å². The molecule has 0 aromatic rings. The van der Waals surface area contributed by atoms with Gasteiger partial charge in [-0.05, 0) is 31.1 Å².